The molecule has 1 aliphatic heterocycles. The third kappa shape index (κ3) is 1.74. The highest BCUT2D eigenvalue weighted by Gasteiger charge is 2.24. The summed E-state index contributed by atoms with van der Waals surface area (Å²) in [6.45, 7) is 2.55. The lowest BCUT2D eigenvalue weighted by Crippen LogP contribution is -2.02. The molecule has 0 radical (unpaired) electrons. The smallest absolute Gasteiger partial charge is 0.208 e. The van der Waals surface area contributed by atoms with Gasteiger partial charge >= 0.3 is 0 Å². The molecule has 0 aliphatic carbocycles. The van der Waals surface area contributed by atoms with E-state index in [1.165, 1.54) is 11.3 Å². The van der Waals surface area contributed by atoms with Crippen LogP contribution in [-0.4, -0.2) is 12.4 Å². The van der Waals surface area contributed by atoms with Crippen molar-refractivity contribution in [2.24, 2.45) is 0 Å². The zero-order valence-electron chi connectivity index (χ0n) is 9.83. The summed E-state index contributed by atoms with van der Waals surface area (Å²) in [5, 5.41) is 2.46. The summed E-state index contributed by atoms with van der Waals surface area (Å²) >= 11 is 7.54. The van der Waals surface area contributed by atoms with Gasteiger partial charge in [-0.3, -0.25) is 4.79 Å². The van der Waals surface area contributed by atoms with Crippen molar-refractivity contribution in [1.82, 2.24) is 0 Å². The van der Waals surface area contributed by atoms with Gasteiger partial charge in [0.05, 0.1) is 22.1 Å². The van der Waals surface area contributed by atoms with Gasteiger partial charge in [-0.05, 0) is 29.5 Å². The first-order valence-electron chi connectivity index (χ1n) is 5.71. The fourth-order valence-corrected chi connectivity index (χ4v) is 3.33. The molecule has 2 aromatic rings. The van der Waals surface area contributed by atoms with Gasteiger partial charge in [0.1, 0.15) is 5.75 Å². The molecular formula is C14H11ClO2S. The van der Waals surface area contributed by atoms with Crippen LogP contribution in [0, 0.1) is 6.92 Å². The van der Waals surface area contributed by atoms with E-state index in [4.69, 9.17) is 16.3 Å². The largest absolute Gasteiger partial charge is 0.492 e. The highest BCUT2D eigenvalue weighted by Crippen LogP contribution is 2.35. The van der Waals surface area contributed by atoms with Gasteiger partial charge in [-0.15, -0.1) is 11.3 Å². The van der Waals surface area contributed by atoms with Crippen LogP contribution in [0.2, 0.25) is 5.02 Å². The van der Waals surface area contributed by atoms with Crippen LogP contribution in [0.25, 0.3) is 0 Å². The van der Waals surface area contributed by atoms with Crippen LogP contribution >= 0.6 is 22.9 Å². The SMILES string of the molecule is Cc1csc(C(=O)c2cccc3c2OCC3)c1Cl. The molecule has 0 N–H and O–H groups in total. The molecule has 92 valence electrons. The maximum absolute atomic E-state index is 12.5. The summed E-state index contributed by atoms with van der Waals surface area (Å²) in [6, 6.07) is 5.70. The number of fused-ring (bicyclic) bond motifs is 1. The molecular weight excluding hydrogens is 268 g/mol. The van der Waals surface area contributed by atoms with Crippen LogP contribution in [0.5, 0.6) is 5.75 Å². The number of benzene rings is 1. The standard InChI is InChI=1S/C14H11ClO2S/c1-8-7-18-14(11(8)15)12(16)10-4-2-3-9-5-6-17-13(9)10/h2-4,7H,5-6H2,1H3. The molecule has 3 rings (SSSR count). The summed E-state index contributed by atoms with van der Waals surface area (Å²) in [7, 11) is 0. The minimum absolute atomic E-state index is 0.0446. The van der Waals surface area contributed by atoms with Crippen molar-refractivity contribution in [3.8, 4) is 5.75 Å². The van der Waals surface area contributed by atoms with Crippen molar-refractivity contribution >= 4 is 28.7 Å². The van der Waals surface area contributed by atoms with E-state index in [2.05, 4.69) is 0 Å². The zero-order valence-corrected chi connectivity index (χ0v) is 11.4. The number of ketones is 1. The first kappa shape index (κ1) is 11.8. The molecule has 0 amide bonds. The van der Waals surface area contributed by atoms with Crippen LogP contribution < -0.4 is 4.74 Å². The number of carbonyl (C=O) groups is 1. The average molecular weight is 279 g/mol. The Balaban J connectivity index is 2.09. The second-order valence-electron chi connectivity index (χ2n) is 4.28. The van der Waals surface area contributed by atoms with Crippen molar-refractivity contribution in [3.05, 3.63) is 50.2 Å². The third-order valence-electron chi connectivity index (χ3n) is 3.06. The number of ether oxygens (including phenoxy) is 1. The number of rotatable bonds is 2. The van der Waals surface area contributed by atoms with Crippen molar-refractivity contribution in [2.45, 2.75) is 13.3 Å². The summed E-state index contributed by atoms with van der Waals surface area (Å²) in [5.74, 6) is 0.682. The zero-order chi connectivity index (χ0) is 12.7. The summed E-state index contributed by atoms with van der Waals surface area (Å²) in [4.78, 5) is 13.1. The van der Waals surface area contributed by atoms with Gasteiger partial charge in [-0.25, -0.2) is 0 Å². The van der Waals surface area contributed by atoms with Gasteiger partial charge in [0.2, 0.25) is 5.78 Å². The normalized spacial score (nSPS) is 13.2. The van der Waals surface area contributed by atoms with E-state index in [1.54, 1.807) is 6.07 Å². The first-order chi connectivity index (χ1) is 8.68. The fraction of sp³-hybridized carbons (Fsp3) is 0.214. The molecule has 0 saturated heterocycles. The van der Waals surface area contributed by atoms with E-state index in [-0.39, 0.29) is 5.78 Å². The predicted octanol–water partition coefficient (Wildman–Crippen LogP) is 3.88. The van der Waals surface area contributed by atoms with Crippen molar-refractivity contribution < 1.29 is 9.53 Å². The number of halogens is 1. The van der Waals surface area contributed by atoms with E-state index < -0.39 is 0 Å². The van der Waals surface area contributed by atoms with Crippen LogP contribution in [0.1, 0.15) is 26.4 Å². The van der Waals surface area contributed by atoms with Gasteiger partial charge in [-0.1, -0.05) is 23.7 Å². The number of hydrogen-bond acceptors (Lipinski definition) is 3. The summed E-state index contributed by atoms with van der Waals surface area (Å²) in [5.41, 5.74) is 2.66. The van der Waals surface area contributed by atoms with E-state index >= 15 is 0 Å². The fourth-order valence-electron chi connectivity index (χ4n) is 2.10. The number of para-hydroxylation sites is 1. The van der Waals surface area contributed by atoms with Gasteiger partial charge < -0.3 is 4.74 Å². The van der Waals surface area contributed by atoms with E-state index in [9.17, 15) is 4.79 Å². The maximum Gasteiger partial charge on any atom is 0.208 e. The van der Waals surface area contributed by atoms with Crippen LogP contribution in [-0.2, 0) is 6.42 Å². The molecule has 2 nitrogen and oxygen atoms in total. The average Bonchev–Trinajstić information content (AvgIpc) is 2.96. The lowest BCUT2D eigenvalue weighted by Gasteiger charge is -2.06. The van der Waals surface area contributed by atoms with Gasteiger partial charge in [0, 0.05) is 6.42 Å². The van der Waals surface area contributed by atoms with Crippen LogP contribution in [0.4, 0.5) is 0 Å². The van der Waals surface area contributed by atoms with Crippen LogP contribution in [0.15, 0.2) is 23.6 Å². The summed E-state index contributed by atoms with van der Waals surface area (Å²) in [6.07, 6.45) is 0.869. The quantitative estimate of drug-likeness (QED) is 0.780. The molecule has 2 heterocycles. The number of carbonyl (C=O) groups excluding carboxylic acids is 1. The lowest BCUT2D eigenvalue weighted by atomic mass is 10.0. The van der Waals surface area contributed by atoms with Crippen molar-refractivity contribution in [3.63, 3.8) is 0 Å². The Hall–Kier alpha value is -1.32. The minimum atomic E-state index is -0.0446. The van der Waals surface area contributed by atoms with Crippen molar-refractivity contribution in [2.75, 3.05) is 6.61 Å². The maximum atomic E-state index is 12.5. The monoisotopic (exact) mass is 278 g/mol. The molecule has 0 atom stereocenters. The molecule has 0 saturated carbocycles. The first-order valence-corrected chi connectivity index (χ1v) is 6.97. The highest BCUT2D eigenvalue weighted by atomic mass is 35.5. The molecule has 0 bridgehead atoms. The van der Waals surface area contributed by atoms with Gasteiger partial charge in [-0.2, -0.15) is 0 Å². The molecule has 0 unspecified atom stereocenters. The third-order valence-corrected chi connectivity index (χ3v) is 4.76. The van der Waals surface area contributed by atoms with Gasteiger partial charge in [0.15, 0.2) is 0 Å². The lowest BCUT2D eigenvalue weighted by molar-refractivity contribution is 0.103. The Morgan fingerprint density at radius 2 is 2.28 bits per heavy atom. The molecule has 4 heteroatoms. The Kier molecular flexibility index (Phi) is 2.88. The summed E-state index contributed by atoms with van der Waals surface area (Å²) < 4.78 is 5.56. The minimum Gasteiger partial charge on any atom is -0.492 e. The van der Waals surface area contributed by atoms with E-state index in [1.807, 2.05) is 24.4 Å². The molecule has 0 fully saturated rings. The Morgan fingerprint density at radius 3 is 3.00 bits per heavy atom. The van der Waals surface area contributed by atoms with Crippen molar-refractivity contribution in [1.29, 1.82) is 0 Å². The number of aryl methyl sites for hydroxylation is 1. The number of thiophene rings is 1. The topological polar surface area (TPSA) is 26.3 Å². The Morgan fingerprint density at radius 1 is 1.44 bits per heavy atom. The van der Waals surface area contributed by atoms with Gasteiger partial charge in [0.25, 0.3) is 0 Å². The van der Waals surface area contributed by atoms with E-state index in [0.717, 1.165) is 23.3 Å². The second-order valence-corrected chi connectivity index (χ2v) is 5.54. The highest BCUT2D eigenvalue weighted by molar-refractivity contribution is 7.13. The molecule has 18 heavy (non-hydrogen) atoms. The number of hydrogen-bond donors (Lipinski definition) is 0. The second kappa shape index (κ2) is 4.41. The molecule has 1 aromatic heterocycles. The molecule has 1 aromatic carbocycles. The predicted molar refractivity (Wildman–Crippen MR) is 73.1 cm³/mol. The Bertz CT molecular complexity index is 631. The van der Waals surface area contributed by atoms with Crippen LogP contribution in [0.3, 0.4) is 0 Å². The van der Waals surface area contributed by atoms with E-state index in [0.29, 0.717) is 22.1 Å². The molecule has 1 aliphatic rings. The molecule has 0 spiro atoms. The Labute approximate surface area is 114 Å².